The van der Waals surface area contributed by atoms with Crippen molar-refractivity contribution in [2.75, 3.05) is 12.8 Å². The summed E-state index contributed by atoms with van der Waals surface area (Å²) in [7, 11) is -3.52. The molecule has 8 heteroatoms. The molecule has 0 saturated carbocycles. The van der Waals surface area contributed by atoms with Crippen LogP contribution in [0.25, 0.3) is 0 Å². The first kappa shape index (κ1) is 14.0. The molecule has 1 aliphatic heterocycles. The van der Waals surface area contributed by atoms with E-state index in [9.17, 15) is 13.2 Å². The van der Waals surface area contributed by atoms with Crippen molar-refractivity contribution < 1.29 is 8.42 Å². The highest BCUT2D eigenvalue weighted by Crippen LogP contribution is 2.16. The Bertz CT molecular complexity index is 808. The van der Waals surface area contributed by atoms with E-state index in [1.807, 2.05) is 18.3 Å². The average Bonchev–Trinajstić information content (AvgIpc) is 2.90. The molecule has 0 unspecified atom stereocenters. The molecule has 0 amide bonds. The summed E-state index contributed by atoms with van der Waals surface area (Å²) < 4.78 is 23.1. The standard InChI is InChI=1S/C13H16N4O3S/c1-21(19,20)13-15-11-8-17(7-9-3-2-5-14-9)6-4-10(11)12(18)16-13/h2-3,5,14H,4,6-8H2,1H3,(H,15,16,18). The highest BCUT2D eigenvalue weighted by atomic mass is 32.2. The van der Waals surface area contributed by atoms with Gasteiger partial charge in [0.25, 0.3) is 5.56 Å². The Balaban J connectivity index is 1.91. The van der Waals surface area contributed by atoms with Gasteiger partial charge in [-0.2, -0.15) is 0 Å². The summed E-state index contributed by atoms with van der Waals surface area (Å²) in [5.74, 6) is 0. The Morgan fingerprint density at radius 1 is 1.43 bits per heavy atom. The predicted molar refractivity (Wildman–Crippen MR) is 76.6 cm³/mol. The zero-order valence-corrected chi connectivity index (χ0v) is 12.4. The van der Waals surface area contributed by atoms with E-state index >= 15 is 0 Å². The zero-order valence-electron chi connectivity index (χ0n) is 11.6. The first-order valence-electron chi connectivity index (χ1n) is 6.60. The maximum absolute atomic E-state index is 12.0. The summed E-state index contributed by atoms with van der Waals surface area (Å²) in [6, 6.07) is 3.92. The van der Waals surface area contributed by atoms with Crippen LogP contribution in [0.2, 0.25) is 0 Å². The molecule has 0 radical (unpaired) electrons. The number of fused-ring (bicyclic) bond motifs is 1. The molecule has 3 heterocycles. The zero-order chi connectivity index (χ0) is 15.0. The maximum atomic E-state index is 12.0. The van der Waals surface area contributed by atoms with Gasteiger partial charge in [0.15, 0.2) is 0 Å². The monoisotopic (exact) mass is 308 g/mol. The minimum absolute atomic E-state index is 0.257. The van der Waals surface area contributed by atoms with E-state index in [1.54, 1.807) is 0 Å². The van der Waals surface area contributed by atoms with Crippen molar-refractivity contribution in [3.63, 3.8) is 0 Å². The minimum atomic E-state index is -3.52. The molecule has 0 bridgehead atoms. The van der Waals surface area contributed by atoms with Gasteiger partial charge in [-0.15, -0.1) is 0 Å². The van der Waals surface area contributed by atoms with Crippen LogP contribution >= 0.6 is 0 Å². The summed E-state index contributed by atoms with van der Waals surface area (Å²) in [6.07, 6.45) is 3.47. The number of nitrogens with zero attached hydrogens (tertiary/aromatic N) is 2. The Labute approximate surface area is 122 Å². The number of aromatic amines is 2. The Kier molecular flexibility index (Phi) is 3.42. The molecule has 2 aromatic rings. The van der Waals surface area contributed by atoms with Crippen molar-refractivity contribution in [3.05, 3.63) is 45.6 Å². The molecule has 112 valence electrons. The second-order valence-corrected chi connectivity index (χ2v) is 7.16. The second-order valence-electron chi connectivity index (χ2n) is 5.22. The van der Waals surface area contributed by atoms with Gasteiger partial charge in [-0.25, -0.2) is 13.4 Å². The van der Waals surface area contributed by atoms with Gasteiger partial charge in [0, 0.05) is 43.3 Å². The van der Waals surface area contributed by atoms with Crippen molar-refractivity contribution in [2.24, 2.45) is 0 Å². The number of hydrogen-bond acceptors (Lipinski definition) is 5. The van der Waals surface area contributed by atoms with E-state index < -0.39 is 9.84 Å². The van der Waals surface area contributed by atoms with Crippen molar-refractivity contribution >= 4 is 9.84 Å². The number of sulfone groups is 1. The molecule has 0 atom stereocenters. The first-order chi connectivity index (χ1) is 9.93. The van der Waals surface area contributed by atoms with E-state index in [0.717, 1.165) is 25.0 Å². The normalized spacial score (nSPS) is 15.9. The average molecular weight is 308 g/mol. The van der Waals surface area contributed by atoms with Gasteiger partial charge >= 0.3 is 0 Å². The van der Waals surface area contributed by atoms with Gasteiger partial charge in [-0.1, -0.05) is 0 Å². The Hall–Kier alpha value is -1.93. The smallest absolute Gasteiger partial charge is 0.255 e. The molecular formula is C13H16N4O3S. The Morgan fingerprint density at radius 2 is 2.24 bits per heavy atom. The number of rotatable bonds is 3. The lowest BCUT2D eigenvalue weighted by molar-refractivity contribution is 0.237. The van der Waals surface area contributed by atoms with Crippen molar-refractivity contribution in [2.45, 2.75) is 24.7 Å². The van der Waals surface area contributed by atoms with Crippen LogP contribution in [0.5, 0.6) is 0 Å². The fourth-order valence-electron chi connectivity index (χ4n) is 2.49. The number of nitrogens with one attached hydrogen (secondary N) is 2. The molecule has 1 aliphatic rings. The first-order valence-corrected chi connectivity index (χ1v) is 8.49. The van der Waals surface area contributed by atoms with Gasteiger partial charge in [0.05, 0.1) is 5.69 Å². The molecule has 0 aromatic carbocycles. The van der Waals surface area contributed by atoms with Gasteiger partial charge in [0.2, 0.25) is 15.0 Å². The molecule has 0 aliphatic carbocycles. The third-order valence-electron chi connectivity index (χ3n) is 3.54. The second kappa shape index (κ2) is 5.12. The Morgan fingerprint density at radius 3 is 2.90 bits per heavy atom. The van der Waals surface area contributed by atoms with Crippen LogP contribution in [0, 0.1) is 0 Å². The quantitative estimate of drug-likeness (QED) is 0.781. The van der Waals surface area contributed by atoms with Crippen molar-refractivity contribution in [3.8, 4) is 0 Å². The SMILES string of the molecule is CS(=O)(=O)c1nc2c(c(=O)[nH]1)CCN(Cc1ccc[nH]1)C2. The van der Waals surface area contributed by atoms with Crippen LogP contribution in [0.3, 0.4) is 0 Å². The summed E-state index contributed by atoms with van der Waals surface area (Å²) in [6.45, 7) is 1.94. The van der Waals surface area contributed by atoms with Crippen LogP contribution in [0.15, 0.2) is 28.3 Å². The third-order valence-corrected chi connectivity index (χ3v) is 4.43. The fourth-order valence-corrected chi connectivity index (χ4v) is 3.04. The summed E-state index contributed by atoms with van der Waals surface area (Å²) in [5, 5.41) is -0.257. The highest BCUT2D eigenvalue weighted by Gasteiger charge is 2.23. The van der Waals surface area contributed by atoms with E-state index in [2.05, 4.69) is 19.9 Å². The summed E-state index contributed by atoms with van der Waals surface area (Å²) in [5.41, 5.74) is 1.87. The van der Waals surface area contributed by atoms with Gasteiger partial charge in [-0.3, -0.25) is 14.7 Å². The predicted octanol–water partition coefficient (Wildman–Crippen LogP) is 0.0598. The lowest BCUT2D eigenvalue weighted by Crippen LogP contribution is -2.35. The van der Waals surface area contributed by atoms with Crippen LogP contribution in [-0.2, 0) is 29.3 Å². The van der Waals surface area contributed by atoms with Crippen LogP contribution < -0.4 is 5.56 Å². The number of H-pyrrole nitrogens is 2. The number of hydrogen-bond donors (Lipinski definition) is 2. The molecule has 21 heavy (non-hydrogen) atoms. The largest absolute Gasteiger partial charge is 0.364 e. The van der Waals surface area contributed by atoms with Gasteiger partial charge in [-0.05, 0) is 18.6 Å². The van der Waals surface area contributed by atoms with Crippen LogP contribution in [0.1, 0.15) is 17.0 Å². The van der Waals surface area contributed by atoms with E-state index in [-0.39, 0.29) is 10.7 Å². The molecular weight excluding hydrogens is 292 g/mol. The number of aromatic nitrogens is 3. The molecule has 7 nitrogen and oxygen atoms in total. The lowest BCUT2D eigenvalue weighted by atomic mass is 10.1. The fraction of sp³-hybridized carbons (Fsp3) is 0.385. The molecule has 2 N–H and O–H groups in total. The molecule has 3 rings (SSSR count). The maximum Gasteiger partial charge on any atom is 0.255 e. The van der Waals surface area contributed by atoms with Crippen LogP contribution in [0.4, 0.5) is 0 Å². The minimum Gasteiger partial charge on any atom is -0.364 e. The van der Waals surface area contributed by atoms with E-state index in [1.165, 1.54) is 0 Å². The third kappa shape index (κ3) is 2.91. The highest BCUT2D eigenvalue weighted by molar-refractivity contribution is 7.90. The van der Waals surface area contributed by atoms with Gasteiger partial charge in [0.1, 0.15) is 0 Å². The van der Waals surface area contributed by atoms with Crippen molar-refractivity contribution in [1.29, 1.82) is 0 Å². The molecule has 0 saturated heterocycles. The molecule has 2 aromatic heterocycles. The topological polar surface area (TPSA) is 98.9 Å². The summed E-state index contributed by atoms with van der Waals surface area (Å²) in [4.78, 5) is 23.7. The van der Waals surface area contributed by atoms with E-state index in [4.69, 9.17) is 0 Å². The molecule has 0 fully saturated rings. The van der Waals surface area contributed by atoms with Crippen LogP contribution in [-0.4, -0.2) is 41.1 Å². The van der Waals surface area contributed by atoms with Gasteiger partial charge < -0.3 is 4.98 Å². The van der Waals surface area contributed by atoms with Crippen molar-refractivity contribution in [1.82, 2.24) is 19.9 Å². The lowest BCUT2D eigenvalue weighted by Gasteiger charge is -2.27. The molecule has 0 spiro atoms. The summed E-state index contributed by atoms with van der Waals surface area (Å²) >= 11 is 0. The van der Waals surface area contributed by atoms with E-state index in [0.29, 0.717) is 24.2 Å².